The SMILES string of the molecule is COc1cc(/C=N/NC(=O)C2CC(C)NN2)ccc1OC(=O)c1ccc(Br)cc1. The molecule has 2 atom stereocenters. The van der Waals surface area contributed by atoms with E-state index in [1.165, 1.54) is 13.3 Å². The molecule has 9 heteroatoms. The molecule has 0 bridgehead atoms. The lowest BCUT2D eigenvalue weighted by molar-refractivity contribution is -0.122. The Hall–Kier alpha value is -2.75. The highest BCUT2D eigenvalue weighted by atomic mass is 79.9. The molecule has 8 nitrogen and oxygen atoms in total. The average Bonchev–Trinajstić information content (AvgIpc) is 3.15. The molecule has 3 rings (SSSR count). The lowest BCUT2D eigenvalue weighted by Gasteiger charge is -2.10. The zero-order chi connectivity index (χ0) is 20.8. The second kappa shape index (κ2) is 9.64. The van der Waals surface area contributed by atoms with E-state index in [9.17, 15) is 9.59 Å². The van der Waals surface area contributed by atoms with Crippen LogP contribution >= 0.6 is 15.9 Å². The van der Waals surface area contributed by atoms with Crippen LogP contribution in [-0.2, 0) is 4.79 Å². The smallest absolute Gasteiger partial charge is 0.343 e. The topological polar surface area (TPSA) is 101 Å². The van der Waals surface area contributed by atoms with Crippen LogP contribution in [0.25, 0.3) is 0 Å². The average molecular weight is 461 g/mol. The van der Waals surface area contributed by atoms with Crippen molar-refractivity contribution in [1.82, 2.24) is 16.3 Å². The molecule has 1 heterocycles. The third kappa shape index (κ3) is 5.63. The van der Waals surface area contributed by atoms with E-state index in [1.807, 2.05) is 6.92 Å². The van der Waals surface area contributed by atoms with Gasteiger partial charge in [0.1, 0.15) is 6.04 Å². The second-order valence-corrected chi connectivity index (χ2v) is 7.43. The molecular formula is C20H21BrN4O4. The number of carbonyl (C=O) groups is 2. The molecule has 1 saturated heterocycles. The molecule has 152 valence electrons. The van der Waals surface area contributed by atoms with E-state index in [2.05, 4.69) is 37.3 Å². The highest BCUT2D eigenvalue weighted by molar-refractivity contribution is 9.10. The van der Waals surface area contributed by atoms with Crippen LogP contribution in [0.4, 0.5) is 0 Å². The van der Waals surface area contributed by atoms with Crippen LogP contribution in [0.5, 0.6) is 11.5 Å². The van der Waals surface area contributed by atoms with E-state index in [1.54, 1.807) is 42.5 Å². The Labute approximate surface area is 176 Å². The minimum atomic E-state index is -0.489. The minimum absolute atomic E-state index is 0.217. The summed E-state index contributed by atoms with van der Waals surface area (Å²) >= 11 is 3.33. The van der Waals surface area contributed by atoms with Crippen molar-refractivity contribution >= 4 is 34.0 Å². The largest absolute Gasteiger partial charge is 0.493 e. The minimum Gasteiger partial charge on any atom is -0.493 e. The highest BCUT2D eigenvalue weighted by Crippen LogP contribution is 2.28. The highest BCUT2D eigenvalue weighted by Gasteiger charge is 2.26. The van der Waals surface area contributed by atoms with Crippen molar-refractivity contribution in [2.45, 2.75) is 25.4 Å². The van der Waals surface area contributed by atoms with Crippen molar-refractivity contribution in [3.8, 4) is 11.5 Å². The molecule has 2 aromatic rings. The normalized spacial score (nSPS) is 18.6. The van der Waals surface area contributed by atoms with Crippen LogP contribution in [0, 0.1) is 0 Å². The summed E-state index contributed by atoms with van der Waals surface area (Å²) in [6.45, 7) is 1.99. The van der Waals surface area contributed by atoms with E-state index < -0.39 is 5.97 Å². The van der Waals surface area contributed by atoms with Crippen molar-refractivity contribution < 1.29 is 19.1 Å². The molecule has 1 fully saturated rings. The second-order valence-electron chi connectivity index (χ2n) is 6.52. The summed E-state index contributed by atoms with van der Waals surface area (Å²) in [6, 6.07) is 11.7. The van der Waals surface area contributed by atoms with Gasteiger partial charge in [-0.25, -0.2) is 15.6 Å². The Morgan fingerprint density at radius 2 is 1.93 bits per heavy atom. The van der Waals surface area contributed by atoms with Gasteiger partial charge in [-0.3, -0.25) is 10.2 Å². The fourth-order valence-corrected chi connectivity index (χ4v) is 2.99. The maximum absolute atomic E-state index is 12.3. The first-order chi connectivity index (χ1) is 14.0. The maximum atomic E-state index is 12.3. The molecule has 2 aromatic carbocycles. The number of halogens is 1. The van der Waals surface area contributed by atoms with Crippen molar-refractivity contribution in [3.63, 3.8) is 0 Å². The first-order valence-electron chi connectivity index (χ1n) is 8.96. The number of hydrogen-bond donors (Lipinski definition) is 3. The lowest BCUT2D eigenvalue weighted by Crippen LogP contribution is -2.41. The molecule has 29 heavy (non-hydrogen) atoms. The summed E-state index contributed by atoms with van der Waals surface area (Å²) in [5.41, 5.74) is 9.50. The summed E-state index contributed by atoms with van der Waals surface area (Å²) < 4.78 is 11.6. The number of nitrogens with one attached hydrogen (secondary N) is 3. The Bertz CT molecular complexity index is 917. The fourth-order valence-electron chi connectivity index (χ4n) is 2.73. The van der Waals surface area contributed by atoms with Gasteiger partial charge in [-0.1, -0.05) is 15.9 Å². The number of hydrazine groups is 1. The van der Waals surface area contributed by atoms with Crippen LogP contribution < -0.4 is 25.8 Å². The fraction of sp³-hybridized carbons (Fsp3) is 0.250. The van der Waals surface area contributed by atoms with Gasteiger partial charge in [0.05, 0.1) is 18.9 Å². The molecule has 0 radical (unpaired) electrons. The zero-order valence-electron chi connectivity index (χ0n) is 15.9. The van der Waals surface area contributed by atoms with Gasteiger partial charge in [0.2, 0.25) is 0 Å². The number of rotatable bonds is 6. The van der Waals surface area contributed by atoms with Crippen LogP contribution in [-0.4, -0.2) is 37.3 Å². The molecule has 3 N–H and O–H groups in total. The van der Waals surface area contributed by atoms with Crippen molar-refractivity contribution in [2.24, 2.45) is 5.10 Å². The van der Waals surface area contributed by atoms with E-state index in [0.717, 1.165) is 4.47 Å². The number of hydrogen-bond acceptors (Lipinski definition) is 7. The van der Waals surface area contributed by atoms with Crippen LogP contribution in [0.15, 0.2) is 52.0 Å². The first-order valence-corrected chi connectivity index (χ1v) is 9.75. The molecule has 0 spiro atoms. The van der Waals surface area contributed by atoms with Gasteiger partial charge in [0, 0.05) is 10.5 Å². The van der Waals surface area contributed by atoms with Gasteiger partial charge in [-0.2, -0.15) is 5.10 Å². The predicted octanol–water partition coefficient (Wildman–Crippen LogP) is 2.38. The maximum Gasteiger partial charge on any atom is 0.343 e. The number of esters is 1. The number of amides is 1. The Morgan fingerprint density at radius 1 is 1.17 bits per heavy atom. The molecule has 2 unspecified atom stereocenters. The zero-order valence-corrected chi connectivity index (χ0v) is 17.5. The van der Waals surface area contributed by atoms with Crippen molar-refractivity contribution in [2.75, 3.05) is 7.11 Å². The van der Waals surface area contributed by atoms with Crippen LogP contribution in [0.2, 0.25) is 0 Å². The van der Waals surface area contributed by atoms with Gasteiger partial charge in [0.25, 0.3) is 5.91 Å². The summed E-state index contributed by atoms with van der Waals surface area (Å²) in [7, 11) is 1.48. The number of methoxy groups -OCH3 is 1. The Balaban J connectivity index is 1.62. The molecule has 1 aliphatic heterocycles. The number of benzene rings is 2. The Kier molecular flexibility index (Phi) is 6.97. The predicted molar refractivity (Wildman–Crippen MR) is 112 cm³/mol. The van der Waals surface area contributed by atoms with Gasteiger partial charge < -0.3 is 9.47 Å². The number of ether oxygens (including phenoxy) is 2. The number of nitrogens with zero attached hydrogens (tertiary/aromatic N) is 1. The summed E-state index contributed by atoms with van der Waals surface area (Å²) in [5, 5.41) is 3.97. The molecule has 1 aliphatic rings. The molecule has 0 aromatic heterocycles. The van der Waals surface area contributed by atoms with Crippen LogP contribution in [0.3, 0.4) is 0 Å². The monoisotopic (exact) mass is 460 g/mol. The molecule has 0 aliphatic carbocycles. The van der Waals surface area contributed by atoms with E-state index in [-0.39, 0.29) is 23.7 Å². The number of hydrazone groups is 1. The van der Waals surface area contributed by atoms with Gasteiger partial charge in [0.15, 0.2) is 11.5 Å². The van der Waals surface area contributed by atoms with Gasteiger partial charge in [-0.05, 0) is 61.4 Å². The summed E-state index contributed by atoms with van der Waals surface area (Å²) in [6.07, 6.45) is 2.18. The quantitative estimate of drug-likeness (QED) is 0.264. The molecular weight excluding hydrogens is 440 g/mol. The summed E-state index contributed by atoms with van der Waals surface area (Å²) in [5.74, 6) is -0.0421. The van der Waals surface area contributed by atoms with E-state index >= 15 is 0 Å². The molecule has 1 amide bonds. The first kappa shape index (κ1) is 21.0. The molecule has 0 saturated carbocycles. The van der Waals surface area contributed by atoms with E-state index in [4.69, 9.17) is 9.47 Å². The summed E-state index contributed by atoms with van der Waals surface area (Å²) in [4.78, 5) is 24.3. The lowest BCUT2D eigenvalue weighted by atomic mass is 10.1. The van der Waals surface area contributed by atoms with Gasteiger partial charge in [-0.15, -0.1) is 0 Å². The standard InChI is InChI=1S/C20H21BrN4O4/c1-12-9-16(24-23-12)19(26)25-22-11-13-3-8-17(18(10-13)28-2)29-20(27)14-4-6-15(21)7-5-14/h3-8,10-12,16,23-24H,9H2,1-2H3,(H,25,26)/b22-11+. The number of carbonyl (C=O) groups excluding carboxylic acids is 2. The van der Waals surface area contributed by atoms with E-state index in [0.29, 0.717) is 23.3 Å². The Morgan fingerprint density at radius 3 is 2.59 bits per heavy atom. The third-order valence-corrected chi connectivity index (χ3v) is 4.80. The van der Waals surface area contributed by atoms with Crippen molar-refractivity contribution in [3.05, 3.63) is 58.1 Å². The third-order valence-electron chi connectivity index (χ3n) is 4.27. The van der Waals surface area contributed by atoms with Crippen LogP contribution in [0.1, 0.15) is 29.3 Å². The van der Waals surface area contributed by atoms with Gasteiger partial charge >= 0.3 is 5.97 Å². The van der Waals surface area contributed by atoms with Crippen molar-refractivity contribution in [1.29, 1.82) is 0 Å².